The molecule has 0 fully saturated rings. The maximum Gasteiger partial charge on any atom is 0.162 e. The zero-order chi connectivity index (χ0) is 15.4. The highest BCUT2D eigenvalue weighted by Gasteiger charge is 2.09. The third-order valence-corrected chi connectivity index (χ3v) is 3.45. The SMILES string of the molecule is COc1ccc(Br)cc1COc1ccc(C(C)=O)c(F)c1. The predicted octanol–water partition coefficient (Wildman–Crippen LogP) is 4.38. The second-order valence-electron chi connectivity index (χ2n) is 4.44. The van der Waals surface area contributed by atoms with Crippen LogP contribution in [0.1, 0.15) is 22.8 Å². The first kappa shape index (κ1) is 15.5. The Morgan fingerprint density at radius 3 is 2.62 bits per heavy atom. The fraction of sp³-hybridized carbons (Fsp3) is 0.188. The van der Waals surface area contributed by atoms with Crippen LogP contribution < -0.4 is 9.47 Å². The van der Waals surface area contributed by atoms with E-state index in [2.05, 4.69) is 15.9 Å². The van der Waals surface area contributed by atoms with Gasteiger partial charge in [-0.1, -0.05) is 15.9 Å². The Morgan fingerprint density at radius 1 is 1.24 bits per heavy atom. The van der Waals surface area contributed by atoms with Crippen LogP contribution in [0.15, 0.2) is 40.9 Å². The molecule has 0 amide bonds. The van der Waals surface area contributed by atoms with Gasteiger partial charge in [0.25, 0.3) is 0 Å². The summed E-state index contributed by atoms with van der Waals surface area (Å²) in [5.74, 6) is 0.160. The molecule has 0 aliphatic rings. The summed E-state index contributed by atoms with van der Waals surface area (Å²) in [6.45, 7) is 1.56. The summed E-state index contributed by atoms with van der Waals surface area (Å²) in [7, 11) is 1.58. The molecule has 0 atom stereocenters. The van der Waals surface area contributed by atoms with Gasteiger partial charge in [0.1, 0.15) is 23.9 Å². The lowest BCUT2D eigenvalue weighted by Gasteiger charge is -2.11. The monoisotopic (exact) mass is 352 g/mol. The van der Waals surface area contributed by atoms with E-state index in [1.807, 2.05) is 18.2 Å². The number of hydrogen-bond acceptors (Lipinski definition) is 3. The summed E-state index contributed by atoms with van der Waals surface area (Å²) in [5.41, 5.74) is 0.894. The molecule has 0 N–H and O–H groups in total. The Labute approximate surface area is 130 Å². The van der Waals surface area contributed by atoms with E-state index in [9.17, 15) is 9.18 Å². The van der Waals surface area contributed by atoms with Crippen molar-refractivity contribution in [3.8, 4) is 11.5 Å². The van der Waals surface area contributed by atoms with Crippen molar-refractivity contribution in [2.45, 2.75) is 13.5 Å². The number of benzene rings is 2. The number of ether oxygens (including phenoxy) is 2. The first-order chi connectivity index (χ1) is 10.0. The lowest BCUT2D eigenvalue weighted by atomic mass is 10.1. The van der Waals surface area contributed by atoms with Gasteiger partial charge in [-0.15, -0.1) is 0 Å². The van der Waals surface area contributed by atoms with Crippen molar-refractivity contribution < 1.29 is 18.7 Å². The van der Waals surface area contributed by atoms with Crippen molar-refractivity contribution in [2.75, 3.05) is 7.11 Å². The van der Waals surface area contributed by atoms with E-state index >= 15 is 0 Å². The molecule has 0 spiro atoms. The highest BCUT2D eigenvalue weighted by molar-refractivity contribution is 9.10. The molecule has 3 nitrogen and oxygen atoms in total. The summed E-state index contributed by atoms with van der Waals surface area (Å²) in [5, 5.41) is 0. The van der Waals surface area contributed by atoms with Gasteiger partial charge in [-0.05, 0) is 37.3 Å². The third kappa shape index (κ3) is 3.82. The fourth-order valence-electron chi connectivity index (χ4n) is 1.89. The molecule has 0 bridgehead atoms. The van der Waals surface area contributed by atoms with Crippen molar-refractivity contribution in [3.05, 3.63) is 57.8 Å². The summed E-state index contributed by atoms with van der Waals surface area (Å²) in [6, 6.07) is 9.77. The predicted molar refractivity (Wildman–Crippen MR) is 81.4 cm³/mol. The van der Waals surface area contributed by atoms with Crippen molar-refractivity contribution in [1.29, 1.82) is 0 Å². The Morgan fingerprint density at radius 2 is 2.00 bits per heavy atom. The van der Waals surface area contributed by atoms with Crippen molar-refractivity contribution in [1.82, 2.24) is 0 Å². The second-order valence-corrected chi connectivity index (χ2v) is 5.36. The fourth-order valence-corrected chi connectivity index (χ4v) is 2.30. The maximum absolute atomic E-state index is 13.7. The first-order valence-corrected chi connectivity index (χ1v) is 7.06. The van der Waals surface area contributed by atoms with Crippen LogP contribution >= 0.6 is 15.9 Å². The highest BCUT2D eigenvalue weighted by Crippen LogP contribution is 2.25. The Kier molecular flexibility index (Phi) is 4.96. The molecule has 0 radical (unpaired) electrons. The number of halogens is 2. The lowest BCUT2D eigenvalue weighted by molar-refractivity contribution is 0.101. The van der Waals surface area contributed by atoms with Gasteiger partial charge in [-0.3, -0.25) is 4.79 Å². The van der Waals surface area contributed by atoms with Crippen molar-refractivity contribution in [3.63, 3.8) is 0 Å². The van der Waals surface area contributed by atoms with E-state index in [1.54, 1.807) is 13.2 Å². The van der Waals surface area contributed by atoms with Gasteiger partial charge in [-0.25, -0.2) is 4.39 Å². The van der Waals surface area contributed by atoms with E-state index in [0.29, 0.717) is 11.5 Å². The molecule has 2 aromatic rings. The lowest BCUT2D eigenvalue weighted by Crippen LogP contribution is -2.01. The Hall–Kier alpha value is -1.88. The van der Waals surface area contributed by atoms with E-state index in [1.165, 1.54) is 19.1 Å². The molecule has 0 unspecified atom stereocenters. The molecular weight excluding hydrogens is 339 g/mol. The molecule has 110 valence electrons. The largest absolute Gasteiger partial charge is 0.496 e. The molecule has 0 saturated carbocycles. The summed E-state index contributed by atoms with van der Waals surface area (Å²) in [4.78, 5) is 11.2. The van der Waals surface area contributed by atoms with Gasteiger partial charge >= 0.3 is 0 Å². The zero-order valence-corrected chi connectivity index (χ0v) is 13.2. The Balaban J connectivity index is 2.15. The van der Waals surface area contributed by atoms with Gasteiger partial charge in [-0.2, -0.15) is 0 Å². The quantitative estimate of drug-likeness (QED) is 0.749. The van der Waals surface area contributed by atoms with Gasteiger partial charge < -0.3 is 9.47 Å². The second kappa shape index (κ2) is 6.72. The molecule has 2 rings (SSSR count). The number of carbonyl (C=O) groups is 1. The number of Topliss-reactive ketones (excluding diaryl/α,β-unsaturated/α-hetero) is 1. The minimum absolute atomic E-state index is 0.0578. The minimum atomic E-state index is -0.582. The molecule has 0 heterocycles. The van der Waals surface area contributed by atoms with E-state index in [-0.39, 0.29) is 18.0 Å². The summed E-state index contributed by atoms with van der Waals surface area (Å²) in [6.07, 6.45) is 0. The molecule has 0 saturated heterocycles. The van der Waals surface area contributed by atoms with Crippen LogP contribution in [0, 0.1) is 5.82 Å². The minimum Gasteiger partial charge on any atom is -0.496 e. The topological polar surface area (TPSA) is 35.5 Å². The molecule has 2 aromatic carbocycles. The number of methoxy groups -OCH3 is 1. The van der Waals surface area contributed by atoms with Crippen LogP contribution in [0.4, 0.5) is 4.39 Å². The van der Waals surface area contributed by atoms with Gasteiger partial charge in [0.05, 0.1) is 12.7 Å². The van der Waals surface area contributed by atoms with Gasteiger partial charge in [0.2, 0.25) is 0 Å². The average molecular weight is 353 g/mol. The number of hydrogen-bond donors (Lipinski definition) is 0. The van der Waals surface area contributed by atoms with Crippen molar-refractivity contribution >= 4 is 21.7 Å². The molecular formula is C16H14BrFO3. The third-order valence-electron chi connectivity index (χ3n) is 2.96. The maximum atomic E-state index is 13.7. The van der Waals surface area contributed by atoms with E-state index in [0.717, 1.165) is 10.0 Å². The van der Waals surface area contributed by atoms with Crippen LogP contribution in [0.5, 0.6) is 11.5 Å². The highest BCUT2D eigenvalue weighted by atomic mass is 79.9. The van der Waals surface area contributed by atoms with Gasteiger partial charge in [0.15, 0.2) is 5.78 Å². The van der Waals surface area contributed by atoms with E-state index < -0.39 is 5.82 Å². The zero-order valence-electron chi connectivity index (χ0n) is 11.7. The number of rotatable bonds is 5. The molecule has 0 aromatic heterocycles. The molecule has 5 heteroatoms. The summed E-state index contributed by atoms with van der Waals surface area (Å²) >= 11 is 3.38. The van der Waals surface area contributed by atoms with Gasteiger partial charge in [0, 0.05) is 16.1 Å². The van der Waals surface area contributed by atoms with Crippen LogP contribution in [-0.4, -0.2) is 12.9 Å². The molecule has 0 aliphatic heterocycles. The van der Waals surface area contributed by atoms with Crippen LogP contribution in [0.2, 0.25) is 0 Å². The smallest absolute Gasteiger partial charge is 0.162 e. The molecule has 0 aliphatic carbocycles. The molecule has 21 heavy (non-hydrogen) atoms. The standard InChI is InChI=1S/C16H14BrFO3/c1-10(19)14-5-4-13(8-15(14)18)21-9-11-7-12(17)3-6-16(11)20-2/h3-8H,9H2,1-2H3. The van der Waals surface area contributed by atoms with Crippen molar-refractivity contribution in [2.24, 2.45) is 0 Å². The Bertz CT molecular complexity index is 671. The normalized spacial score (nSPS) is 10.3. The van der Waals surface area contributed by atoms with E-state index in [4.69, 9.17) is 9.47 Å². The van der Waals surface area contributed by atoms with Crippen LogP contribution in [0.25, 0.3) is 0 Å². The van der Waals surface area contributed by atoms with Crippen LogP contribution in [0.3, 0.4) is 0 Å². The summed E-state index contributed by atoms with van der Waals surface area (Å²) < 4.78 is 25.4. The average Bonchev–Trinajstić information content (AvgIpc) is 2.45. The number of carbonyl (C=O) groups excluding carboxylic acids is 1. The van der Waals surface area contributed by atoms with Crippen LogP contribution in [-0.2, 0) is 6.61 Å². The first-order valence-electron chi connectivity index (χ1n) is 6.27. The number of ketones is 1.